The highest BCUT2D eigenvalue weighted by Crippen LogP contribution is 2.30. The maximum atomic E-state index is 12.7. The molecule has 0 spiro atoms. The number of aryl methyl sites for hydroxylation is 1. The van der Waals surface area contributed by atoms with Crippen LogP contribution in [0.4, 0.5) is 0 Å². The molecule has 0 aromatic carbocycles. The number of nitrogens with one attached hydrogen (secondary N) is 1. The normalized spacial score (nSPS) is 18.5. The Balaban J connectivity index is 1.77. The van der Waals surface area contributed by atoms with Gasteiger partial charge in [-0.15, -0.1) is 16.4 Å². The van der Waals surface area contributed by atoms with Gasteiger partial charge in [0, 0.05) is 17.5 Å². The summed E-state index contributed by atoms with van der Waals surface area (Å²) in [6.45, 7) is 9.01. The number of likely N-dealkylation sites (tertiary alicyclic amines) is 1. The lowest BCUT2D eigenvalue weighted by molar-refractivity contribution is 0.0941. The van der Waals surface area contributed by atoms with Gasteiger partial charge in [-0.05, 0) is 55.8 Å². The van der Waals surface area contributed by atoms with E-state index in [0.717, 1.165) is 35.0 Å². The average molecular weight is 334 g/mol. The van der Waals surface area contributed by atoms with Crippen LogP contribution in [0.3, 0.4) is 0 Å². The Morgan fingerprint density at radius 3 is 3.00 bits per heavy atom. The van der Waals surface area contributed by atoms with Crippen molar-refractivity contribution in [3.63, 3.8) is 0 Å². The summed E-state index contributed by atoms with van der Waals surface area (Å²) in [4.78, 5) is 16.3. The minimum Gasteiger partial charge on any atom is -0.350 e. The van der Waals surface area contributed by atoms with E-state index in [1.807, 2.05) is 13.8 Å². The number of hydrogen-bond donors (Lipinski definition) is 1. The standard InChI is InChI=1S/C15H22N6OS/c1-4-20-7-5-6-12(20)8-16-14(22)13-10(2)11(3)23-15(13)21-9-17-18-19-21/h9,12H,4-8H2,1-3H3,(H,16,22). The second-order valence-electron chi connectivity index (χ2n) is 5.85. The van der Waals surface area contributed by atoms with Crippen LogP contribution < -0.4 is 5.32 Å². The van der Waals surface area contributed by atoms with E-state index >= 15 is 0 Å². The first-order chi connectivity index (χ1) is 11.1. The topological polar surface area (TPSA) is 75.9 Å². The predicted molar refractivity (Wildman–Crippen MR) is 89.1 cm³/mol. The molecular formula is C15H22N6OS. The third-order valence-electron chi connectivity index (χ3n) is 4.55. The molecule has 1 fully saturated rings. The van der Waals surface area contributed by atoms with Crippen LogP contribution in [0.5, 0.6) is 0 Å². The van der Waals surface area contributed by atoms with Gasteiger partial charge in [0.25, 0.3) is 5.91 Å². The van der Waals surface area contributed by atoms with Gasteiger partial charge in [0.2, 0.25) is 0 Å². The van der Waals surface area contributed by atoms with Gasteiger partial charge in [0.1, 0.15) is 11.3 Å². The minimum absolute atomic E-state index is 0.0414. The Morgan fingerprint density at radius 1 is 1.48 bits per heavy atom. The molecule has 124 valence electrons. The molecule has 1 aliphatic rings. The third-order valence-corrected chi connectivity index (χ3v) is 5.75. The number of hydrogen-bond acceptors (Lipinski definition) is 6. The predicted octanol–water partition coefficient (Wildman–Crippen LogP) is 1.55. The van der Waals surface area contributed by atoms with Crippen molar-refractivity contribution < 1.29 is 4.79 Å². The highest BCUT2D eigenvalue weighted by atomic mass is 32.1. The number of thiophene rings is 1. The van der Waals surface area contributed by atoms with Gasteiger partial charge in [-0.3, -0.25) is 9.69 Å². The second kappa shape index (κ2) is 6.76. The van der Waals surface area contributed by atoms with Crippen LogP contribution in [-0.2, 0) is 0 Å². The molecule has 0 aliphatic carbocycles. The molecule has 23 heavy (non-hydrogen) atoms. The summed E-state index contributed by atoms with van der Waals surface area (Å²) < 4.78 is 1.56. The van der Waals surface area contributed by atoms with E-state index in [4.69, 9.17) is 0 Å². The van der Waals surface area contributed by atoms with Crippen LogP contribution in [0.15, 0.2) is 6.33 Å². The first-order valence-corrected chi connectivity index (χ1v) is 8.79. The van der Waals surface area contributed by atoms with Crippen molar-refractivity contribution in [2.24, 2.45) is 0 Å². The van der Waals surface area contributed by atoms with Crippen LogP contribution in [0, 0.1) is 13.8 Å². The van der Waals surface area contributed by atoms with Crippen molar-refractivity contribution in [1.29, 1.82) is 0 Å². The van der Waals surface area contributed by atoms with Crippen molar-refractivity contribution >= 4 is 17.2 Å². The summed E-state index contributed by atoms with van der Waals surface area (Å²) in [6, 6.07) is 0.445. The largest absolute Gasteiger partial charge is 0.350 e. The first-order valence-electron chi connectivity index (χ1n) is 7.97. The molecule has 3 rings (SSSR count). The molecule has 8 heteroatoms. The Morgan fingerprint density at radius 2 is 2.30 bits per heavy atom. The summed E-state index contributed by atoms with van der Waals surface area (Å²) in [5.74, 6) is -0.0414. The molecule has 0 bridgehead atoms. The second-order valence-corrected chi connectivity index (χ2v) is 7.06. The van der Waals surface area contributed by atoms with Crippen molar-refractivity contribution in [1.82, 2.24) is 30.4 Å². The van der Waals surface area contributed by atoms with Crippen LogP contribution >= 0.6 is 11.3 Å². The van der Waals surface area contributed by atoms with Gasteiger partial charge in [0.15, 0.2) is 0 Å². The number of nitrogens with zero attached hydrogens (tertiary/aromatic N) is 5. The lowest BCUT2D eigenvalue weighted by atomic mass is 10.1. The summed E-state index contributed by atoms with van der Waals surface area (Å²) in [5, 5.41) is 15.1. The van der Waals surface area contributed by atoms with Crippen molar-refractivity contribution in [3.8, 4) is 5.00 Å². The number of amides is 1. The van der Waals surface area contributed by atoms with Gasteiger partial charge < -0.3 is 5.32 Å². The number of rotatable bonds is 5. The Bertz CT molecular complexity index is 680. The van der Waals surface area contributed by atoms with Crippen LogP contribution in [0.2, 0.25) is 0 Å². The maximum absolute atomic E-state index is 12.7. The zero-order valence-corrected chi connectivity index (χ0v) is 14.6. The molecule has 1 amide bonds. The van der Waals surface area contributed by atoms with Gasteiger partial charge in [-0.2, -0.15) is 4.68 Å². The Hall–Kier alpha value is -1.80. The summed E-state index contributed by atoms with van der Waals surface area (Å²) in [6.07, 6.45) is 3.88. The number of tetrazole rings is 1. The van der Waals surface area contributed by atoms with E-state index in [1.54, 1.807) is 4.68 Å². The molecule has 1 unspecified atom stereocenters. The lowest BCUT2D eigenvalue weighted by Crippen LogP contribution is -2.40. The zero-order chi connectivity index (χ0) is 16.4. The third kappa shape index (κ3) is 3.13. The molecule has 0 saturated carbocycles. The van der Waals surface area contributed by atoms with Gasteiger partial charge in [-0.25, -0.2) is 0 Å². The summed E-state index contributed by atoms with van der Waals surface area (Å²) >= 11 is 1.54. The summed E-state index contributed by atoms with van der Waals surface area (Å²) in [7, 11) is 0. The molecule has 1 N–H and O–H groups in total. The number of aromatic nitrogens is 4. The van der Waals surface area contributed by atoms with Gasteiger partial charge in [0.05, 0.1) is 5.56 Å². The maximum Gasteiger partial charge on any atom is 0.254 e. The van der Waals surface area contributed by atoms with Crippen molar-refractivity contribution in [2.75, 3.05) is 19.6 Å². The van der Waals surface area contributed by atoms with E-state index in [1.165, 1.54) is 24.1 Å². The van der Waals surface area contributed by atoms with Crippen LogP contribution in [-0.4, -0.2) is 56.7 Å². The van der Waals surface area contributed by atoms with Crippen molar-refractivity contribution in [3.05, 3.63) is 22.3 Å². The lowest BCUT2D eigenvalue weighted by Gasteiger charge is -2.23. The average Bonchev–Trinajstić information content (AvgIpc) is 3.26. The fourth-order valence-corrected chi connectivity index (χ4v) is 4.20. The van der Waals surface area contributed by atoms with E-state index in [9.17, 15) is 4.79 Å². The molecule has 1 saturated heterocycles. The molecule has 1 atom stereocenters. The van der Waals surface area contributed by atoms with Crippen LogP contribution in [0.25, 0.3) is 5.00 Å². The fraction of sp³-hybridized carbons (Fsp3) is 0.600. The van der Waals surface area contributed by atoms with E-state index in [0.29, 0.717) is 18.2 Å². The number of likely N-dealkylation sites (N-methyl/N-ethyl adjacent to an activating group) is 1. The van der Waals surface area contributed by atoms with Crippen molar-refractivity contribution in [2.45, 2.75) is 39.7 Å². The summed E-state index contributed by atoms with van der Waals surface area (Å²) in [5.41, 5.74) is 1.68. The molecule has 3 heterocycles. The molecular weight excluding hydrogens is 312 g/mol. The Kier molecular flexibility index (Phi) is 4.72. The molecule has 2 aromatic rings. The molecule has 1 aliphatic heterocycles. The Labute approximate surface area is 139 Å². The highest BCUT2D eigenvalue weighted by molar-refractivity contribution is 7.15. The van der Waals surface area contributed by atoms with E-state index < -0.39 is 0 Å². The number of carbonyl (C=O) groups is 1. The smallest absolute Gasteiger partial charge is 0.254 e. The highest BCUT2D eigenvalue weighted by Gasteiger charge is 2.26. The van der Waals surface area contributed by atoms with Gasteiger partial charge in [-0.1, -0.05) is 6.92 Å². The monoisotopic (exact) mass is 334 g/mol. The van der Waals surface area contributed by atoms with Gasteiger partial charge >= 0.3 is 0 Å². The SMILES string of the molecule is CCN1CCCC1CNC(=O)c1c(-n2cnnn2)sc(C)c1C. The first kappa shape index (κ1) is 16.1. The minimum atomic E-state index is -0.0414. The quantitative estimate of drug-likeness (QED) is 0.898. The van der Waals surface area contributed by atoms with E-state index in [2.05, 4.69) is 32.7 Å². The molecule has 7 nitrogen and oxygen atoms in total. The molecule has 0 radical (unpaired) electrons. The fourth-order valence-electron chi connectivity index (χ4n) is 3.13. The van der Waals surface area contributed by atoms with Crippen LogP contribution in [0.1, 0.15) is 40.6 Å². The van der Waals surface area contributed by atoms with E-state index in [-0.39, 0.29) is 5.91 Å². The molecule has 2 aromatic heterocycles. The number of carbonyl (C=O) groups excluding carboxylic acids is 1. The zero-order valence-electron chi connectivity index (χ0n) is 13.7.